The number of methoxy groups -OCH3 is 1. The molecule has 0 saturated heterocycles. The lowest BCUT2D eigenvalue weighted by Gasteiger charge is -2.21. The Morgan fingerprint density at radius 3 is 1.96 bits per heavy atom. The quantitative estimate of drug-likeness (QED) is 0.527. The molecule has 3 aromatic carbocycles. The monoisotopic (exact) mass is 397 g/mol. The van der Waals surface area contributed by atoms with Gasteiger partial charge in [0.15, 0.2) is 0 Å². The molecule has 0 bridgehead atoms. The Labute approximate surface area is 167 Å². The van der Waals surface area contributed by atoms with Crippen LogP contribution in [0, 0.1) is 5.82 Å². The largest absolute Gasteiger partial charge is 0.497 e. The highest BCUT2D eigenvalue weighted by Crippen LogP contribution is 2.27. The number of halogens is 1. The van der Waals surface area contributed by atoms with Crippen molar-refractivity contribution in [1.82, 2.24) is 4.31 Å². The van der Waals surface area contributed by atoms with Gasteiger partial charge in [0.2, 0.25) is 0 Å². The maximum Gasteiger partial charge on any atom is 0.335 e. The highest BCUT2D eigenvalue weighted by Gasteiger charge is 2.11. The van der Waals surface area contributed by atoms with Crippen LogP contribution in [0.4, 0.5) is 4.39 Å². The van der Waals surface area contributed by atoms with Gasteiger partial charge < -0.3 is 9.84 Å². The molecule has 4 nitrogen and oxygen atoms in total. The van der Waals surface area contributed by atoms with Crippen molar-refractivity contribution in [2.45, 2.75) is 18.0 Å². The fraction of sp³-hybridized carbons (Fsp3) is 0.136. The van der Waals surface area contributed by atoms with Crippen LogP contribution in [0.3, 0.4) is 0 Å². The summed E-state index contributed by atoms with van der Waals surface area (Å²) in [5, 5.41) is 9.05. The molecule has 0 saturated carbocycles. The van der Waals surface area contributed by atoms with Crippen molar-refractivity contribution >= 4 is 17.9 Å². The predicted molar refractivity (Wildman–Crippen MR) is 108 cm³/mol. The lowest BCUT2D eigenvalue weighted by atomic mass is 10.2. The summed E-state index contributed by atoms with van der Waals surface area (Å²) in [5.74, 6) is -0.411. The average Bonchev–Trinajstić information content (AvgIpc) is 2.70. The van der Waals surface area contributed by atoms with Gasteiger partial charge in [-0.05, 0) is 71.6 Å². The summed E-state index contributed by atoms with van der Waals surface area (Å²) in [6.07, 6.45) is 0. The summed E-state index contributed by atoms with van der Waals surface area (Å²) in [7, 11) is 1.63. The maximum absolute atomic E-state index is 13.2. The van der Waals surface area contributed by atoms with Gasteiger partial charge in [-0.2, -0.15) is 0 Å². The Morgan fingerprint density at radius 1 is 0.929 bits per heavy atom. The molecule has 0 aromatic heterocycles. The number of carbonyl (C=O) groups is 1. The minimum Gasteiger partial charge on any atom is -0.497 e. The number of aromatic carboxylic acids is 1. The van der Waals surface area contributed by atoms with E-state index in [9.17, 15) is 9.18 Å². The molecule has 0 heterocycles. The molecular weight excluding hydrogens is 377 g/mol. The first-order chi connectivity index (χ1) is 13.5. The molecule has 0 atom stereocenters. The molecule has 28 heavy (non-hydrogen) atoms. The number of carboxylic acid groups (broad SMARTS) is 1. The maximum atomic E-state index is 13.2. The van der Waals surface area contributed by atoms with Crippen molar-refractivity contribution < 1.29 is 19.0 Å². The van der Waals surface area contributed by atoms with E-state index in [2.05, 4.69) is 4.31 Å². The van der Waals surface area contributed by atoms with Crippen molar-refractivity contribution in [3.05, 3.63) is 95.3 Å². The third-order valence-corrected chi connectivity index (χ3v) is 5.13. The Morgan fingerprint density at radius 2 is 1.46 bits per heavy atom. The lowest BCUT2D eigenvalue weighted by Crippen LogP contribution is -2.15. The van der Waals surface area contributed by atoms with Gasteiger partial charge in [0.25, 0.3) is 0 Å². The van der Waals surface area contributed by atoms with Gasteiger partial charge in [-0.3, -0.25) is 0 Å². The van der Waals surface area contributed by atoms with E-state index in [4.69, 9.17) is 9.84 Å². The summed E-state index contributed by atoms with van der Waals surface area (Å²) < 4.78 is 20.6. The fourth-order valence-electron chi connectivity index (χ4n) is 2.66. The molecule has 144 valence electrons. The molecule has 0 unspecified atom stereocenters. The Bertz CT molecular complexity index is 912. The van der Waals surface area contributed by atoms with E-state index in [1.165, 1.54) is 24.1 Å². The summed E-state index contributed by atoms with van der Waals surface area (Å²) in [5.41, 5.74) is 2.35. The van der Waals surface area contributed by atoms with Gasteiger partial charge in [-0.25, -0.2) is 13.5 Å². The fourth-order valence-corrected chi connectivity index (χ4v) is 3.64. The van der Waals surface area contributed by atoms with Crippen LogP contribution in [0.2, 0.25) is 0 Å². The van der Waals surface area contributed by atoms with Crippen LogP contribution in [0.15, 0.2) is 77.7 Å². The van der Waals surface area contributed by atoms with E-state index < -0.39 is 5.97 Å². The second-order valence-corrected chi connectivity index (χ2v) is 7.36. The van der Waals surface area contributed by atoms with Crippen LogP contribution >= 0.6 is 11.9 Å². The first kappa shape index (κ1) is 19.9. The minimum absolute atomic E-state index is 0.254. The molecule has 0 fully saturated rings. The summed E-state index contributed by atoms with van der Waals surface area (Å²) in [6.45, 7) is 1.27. The zero-order valence-corrected chi connectivity index (χ0v) is 16.2. The Balaban J connectivity index is 1.77. The first-order valence-electron chi connectivity index (χ1n) is 8.67. The molecule has 3 rings (SSSR count). The summed E-state index contributed by atoms with van der Waals surface area (Å²) in [6, 6.07) is 21.0. The van der Waals surface area contributed by atoms with Crippen LogP contribution in [-0.4, -0.2) is 22.5 Å². The van der Waals surface area contributed by atoms with Crippen LogP contribution in [0.1, 0.15) is 21.5 Å². The lowest BCUT2D eigenvalue weighted by molar-refractivity contribution is 0.0697. The van der Waals surface area contributed by atoms with Gasteiger partial charge >= 0.3 is 5.97 Å². The van der Waals surface area contributed by atoms with E-state index in [1.54, 1.807) is 43.5 Å². The van der Waals surface area contributed by atoms with Gasteiger partial charge in [-0.1, -0.05) is 24.3 Å². The number of benzene rings is 3. The highest BCUT2D eigenvalue weighted by atomic mass is 32.2. The highest BCUT2D eigenvalue weighted by molar-refractivity contribution is 7.97. The Kier molecular flexibility index (Phi) is 6.68. The SMILES string of the molecule is COc1ccc(CN(Cc2ccc(F)cc2)Sc2ccc(C(=O)O)cc2)cc1. The standard InChI is InChI=1S/C22H20FNO3S/c1-27-20-10-4-17(5-11-20)15-24(14-16-2-8-19(23)9-3-16)28-21-12-6-18(7-13-21)22(25)26/h2-13H,14-15H2,1H3,(H,25,26). The van der Waals surface area contributed by atoms with Crippen LogP contribution in [-0.2, 0) is 13.1 Å². The van der Waals surface area contributed by atoms with Crippen LogP contribution in [0.25, 0.3) is 0 Å². The van der Waals surface area contributed by atoms with E-state index >= 15 is 0 Å². The van der Waals surface area contributed by atoms with E-state index in [0.29, 0.717) is 13.1 Å². The molecule has 0 amide bonds. The van der Waals surface area contributed by atoms with Crippen LogP contribution < -0.4 is 4.74 Å². The topological polar surface area (TPSA) is 49.8 Å². The molecule has 0 aliphatic rings. The molecule has 0 spiro atoms. The molecular formula is C22H20FNO3S. The number of carboxylic acids is 1. The molecule has 1 N–H and O–H groups in total. The van der Waals surface area contributed by atoms with Gasteiger partial charge in [-0.15, -0.1) is 0 Å². The smallest absolute Gasteiger partial charge is 0.335 e. The summed E-state index contributed by atoms with van der Waals surface area (Å²) in [4.78, 5) is 12.0. The third kappa shape index (κ3) is 5.58. The number of hydrogen-bond donors (Lipinski definition) is 1. The molecule has 0 radical (unpaired) electrons. The third-order valence-electron chi connectivity index (χ3n) is 4.13. The summed E-state index contributed by atoms with van der Waals surface area (Å²) >= 11 is 1.53. The molecule has 0 aliphatic carbocycles. The minimum atomic E-state index is -0.946. The molecule has 0 aliphatic heterocycles. The molecule has 3 aromatic rings. The predicted octanol–water partition coefficient (Wildman–Crippen LogP) is 5.24. The van der Waals surface area contributed by atoms with E-state index in [-0.39, 0.29) is 11.4 Å². The zero-order valence-electron chi connectivity index (χ0n) is 15.3. The number of hydrogen-bond acceptors (Lipinski definition) is 4. The average molecular weight is 397 g/mol. The Hall–Kier alpha value is -2.83. The van der Waals surface area contributed by atoms with Crippen molar-refractivity contribution in [1.29, 1.82) is 0 Å². The van der Waals surface area contributed by atoms with Crippen molar-refractivity contribution in [2.75, 3.05) is 7.11 Å². The zero-order chi connectivity index (χ0) is 19.9. The van der Waals surface area contributed by atoms with Crippen molar-refractivity contribution in [2.24, 2.45) is 0 Å². The van der Waals surface area contributed by atoms with Gasteiger partial charge in [0.1, 0.15) is 11.6 Å². The first-order valence-corrected chi connectivity index (χ1v) is 9.44. The number of ether oxygens (including phenoxy) is 1. The van der Waals surface area contributed by atoms with E-state index in [1.807, 2.05) is 24.3 Å². The van der Waals surface area contributed by atoms with Gasteiger partial charge in [0.05, 0.1) is 12.7 Å². The number of rotatable bonds is 8. The second kappa shape index (κ2) is 9.39. The van der Waals surface area contributed by atoms with Gasteiger partial charge in [0, 0.05) is 18.0 Å². The van der Waals surface area contributed by atoms with Crippen LogP contribution in [0.5, 0.6) is 5.75 Å². The number of nitrogens with zero attached hydrogens (tertiary/aromatic N) is 1. The molecule has 6 heteroatoms. The van der Waals surface area contributed by atoms with E-state index in [0.717, 1.165) is 21.8 Å². The van der Waals surface area contributed by atoms with Crippen molar-refractivity contribution in [3.8, 4) is 5.75 Å². The van der Waals surface area contributed by atoms with Crippen molar-refractivity contribution in [3.63, 3.8) is 0 Å². The second-order valence-electron chi connectivity index (χ2n) is 6.19. The normalized spacial score (nSPS) is 10.8.